The summed E-state index contributed by atoms with van der Waals surface area (Å²) in [5, 5.41) is 3.93. The molecule has 2 aromatic carbocycles. The lowest BCUT2D eigenvalue weighted by molar-refractivity contribution is -0.0000133. The molecule has 0 fully saturated rings. The van der Waals surface area contributed by atoms with Gasteiger partial charge in [-0.15, -0.1) is 0 Å². The van der Waals surface area contributed by atoms with Gasteiger partial charge < -0.3 is 27.0 Å². The Kier molecular flexibility index (Phi) is 6.50. The molecule has 4 rings (SSSR count). The number of halogens is 1. The van der Waals surface area contributed by atoms with Crippen molar-refractivity contribution in [2.24, 2.45) is 0 Å². The van der Waals surface area contributed by atoms with Crippen LogP contribution < -0.4 is 27.0 Å². The van der Waals surface area contributed by atoms with Gasteiger partial charge in [0.1, 0.15) is 11.3 Å². The molecule has 0 saturated heterocycles. The van der Waals surface area contributed by atoms with Crippen molar-refractivity contribution < 1.29 is 26.5 Å². The molecule has 0 atom stereocenters. The number of hydrogen-bond donors (Lipinski definition) is 1. The third-order valence-electron chi connectivity index (χ3n) is 4.75. The van der Waals surface area contributed by atoms with Crippen LogP contribution in [0, 0.1) is 0 Å². The van der Waals surface area contributed by atoms with Crippen LogP contribution in [-0.2, 0) is 12.8 Å². The molecule has 0 bridgehead atoms. The van der Waals surface area contributed by atoms with Gasteiger partial charge in [-0.3, -0.25) is 4.79 Å². The second-order valence-electron chi connectivity index (χ2n) is 6.52. The Morgan fingerprint density at radius 1 is 1.19 bits per heavy atom. The van der Waals surface area contributed by atoms with Gasteiger partial charge in [-0.05, 0) is 61.9 Å². The highest BCUT2D eigenvalue weighted by Gasteiger charge is 2.14. The Bertz CT molecular complexity index is 955. The molecule has 0 radical (unpaired) electrons. The maximum Gasteiger partial charge on any atom is 0.184 e. The van der Waals surface area contributed by atoms with Gasteiger partial charge in [-0.25, -0.2) is 4.98 Å². The molecule has 0 saturated carbocycles. The molecule has 142 valence electrons. The Morgan fingerprint density at radius 3 is 2.81 bits per heavy atom. The van der Waals surface area contributed by atoms with E-state index in [-0.39, 0.29) is 29.3 Å². The molecule has 0 aliphatic heterocycles. The lowest BCUT2D eigenvalue weighted by atomic mass is 9.90. The van der Waals surface area contributed by atoms with E-state index in [2.05, 4.69) is 22.4 Å². The Hall–Kier alpha value is -1.92. The zero-order chi connectivity index (χ0) is 17.9. The summed E-state index contributed by atoms with van der Waals surface area (Å²) in [5.74, 6) is 0.887. The van der Waals surface area contributed by atoms with Gasteiger partial charge in [0.15, 0.2) is 10.9 Å². The molecular formula is C21H22BrN2O2S-. The van der Waals surface area contributed by atoms with Crippen molar-refractivity contribution in [1.82, 2.24) is 4.98 Å². The predicted octanol–water partition coefficient (Wildman–Crippen LogP) is 1.87. The van der Waals surface area contributed by atoms with Gasteiger partial charge in [0.05, 0.1) is 17.9 Å². The summed E-state index contributed by atoms with van der Waals surface area (Å²) in [4.78, 5) is 17.2. The number of nitrogens with zero attached hydrogens (tertiary/aromatic N) is 1. The number of ketones is 1. The lowest BCUT2D eigenvalue weighted by Crippen LogP contribution is -3.00. The average Bonchev–Trinajstić information content (AvgIpc) is 3.10. The van der Waals surface area contributed by atoms with Crippen LogP contribution in [0.25, 0.3) is 10.2 Å². The van der Waals surface area contributed by atoms with E-state index >= 15 is 0 Å². The lowest BCUT2D eigenvalue weighted by Gasteiger charge is -2.16. The number of nitrogens with one attached hydrogen (secondary N) is 1. The molecular weight excluding hydrogens is 424 g/mol. The second-order valence-corrected chi connectivity index (χ2v) is 7.55. The summed E-state index contributed by atoms with van der Waals surface area (Å²) < 4.78 is 6.68. The number of thiazole rings is 1. The van der Waals surface area contributed by atoms with Crippen LogP contribution in [0.2, 0.25) is 0 Å². The number of benzene rings is 2. The zero-order valence-corrected chi connectivity index (χ0v) is 17.7. The number of Topliss-reactive ketones (excluding diaryl/α,β-unsaturated/α-hetero) is 1. The third kappa shape index (κ3) is 4.33. The molecule has 0 unspecified atom stereocenters. The number of rotatable bonds is 6. The number of hydrogen-bond acceptors (Lipinski definition) is 5. The normalized spacial score (nSPS) is 12.9. The number of ether oxygens (including phenoxy) is 1. The molecule has 4 nitrogen and oxygen atoms in total. The first-order valence-corrected chi connectivity index (χ1v) is 9.97. The van der Waals surface area contributed by atoms with Crippen LogP contribution >= 0.6 is 11.3 Å². The van der Waals surface area contributed by atoms with Gasteiger partial charge in [0, 0.05) is 5.56 Å². The fourth-order valence-corrected chi connectivity index (χ4v) is 4.31. The van der Waals surface area contributed by atoms with Crippen LogP contribution in [-0.4, -0.2) is 23.9 Å². The maximum atomic E-state index is 12.6. The van der Waals surface area contributed by atoms with Crippen molar-refractivity contribution in [3.63, 3.8) is 0 Å². The molecule has 1 heterocycles. The number of carbonyl (C=O) groups excluding carboxylic acids is 1. The minimum absolute atomic E-state index is 0. The summed E-state index contributed by atoms with van der Waals surface area (Å²) in [5.41, 5.74) is 4.37. The summed E-state index contributed by atoms with van der Waals surface area (Å²) in [6.07, 6.45) is 4.69. The van der Waals surface area contributed by atoms with E-state index in [4.69, 9.17) is 4.74 Å². The summed E-state index contributed by atoms with van der Waals surface area (Å²) in [7, 11) is 0. The van der Waals surface area contributed by atoms with Crippen LogP contribution in [0.3, 0.4) is 0 Å². The Morgan fingerprint density at radius 2 is 2.00 bits per heavy atom. The van der Waals surface area contributed by atoms with Crippen molar-refractivity contribution in [3.05, 3.63) is 53.1 Å². The van der Waals surface area contributed by atoms with Gasteiger partial charge in [-0.1, -0.05) is 29.5 Å². The quantitative estimate of drug-likeness (QED) is 0.588. The van der Waals surface area contributed by atoms with Crippen molar-refractivity contribution in [3.8, 4) is 5.75 Å². The Labute approximate surface area is 173 Å². The van der Waals surface area contributed by atoms with Crippen molar-refractivity contribution in [2.45, 2.75) is 32.6 Å². The number of carbonyl (C=O) groups is 1. The number of para-hydroxylation sites is 1. The highest BCUT2D eigenvalue weighted by atomic mass is 79.9. The van der Waals surface area contributed by atoms with Crippen LogP contribution in [0.4, 0.5) is 5.13 Å². The molecule has 1 aromatic heterocycles. The average molecular weight is 446 g/mol. The van der Waals surface area contributed by atoms with E-state index in [0.717, 1.165) is 39.5 Å². The van der Waals surface area contributed by atoms with Gasteiger partial charge in [0.2, 0.25) is 0 Å². The standard InChI is InChI=1S/C21H22N2O2S.BrH/c1-2-25-18-8-5-9-19-20(18)23-21(26-19)22-13-17(24)16-11-10-14-6-3-4-7-15(14)12-16;/h5,8-12H,2-4,6-7,13H2,1H3,(H,22,23);1H/p-1. The van der Waals surface area contributed by atoms with Gasteiger partial charge in [-0.2, -0.15) is 0 Å². The van der Waals surface area contributed by atoms with E-state index in [9.17, 15) is 4.79 Å². The topological polar surface area (TPSA) is 51.2 Å². The van der Waals surface area contributed by atoms with Crippen LogP contribution in [0.5, 0.6) is 5.75 Å². The number of anilines is 1. The molecule has 0 spiro atoms. The summed E-state index contributed by atoms with van der Waals surface area (Å²) in [6.45, 7) is 2.82. The van der Waals surface area contributed by atoms with Gasteiger partial charge in [0.25, 0.3) is 0 Å². The van der Waals surface area contributed by atoms with Crippen molar-refractivity contribution >= 4 is 32.5 Å². The van der Waals surface area contributed by atoms with Crippen molar-refractivity contribution in [2.75, 3.05) is 18.5 Å². The van der Waals surface area contributed by atoms with E-state index < -0.39 is 0 Å². The second kappa shape index (κ2) is 8.85. The largest absolute Gasteiger partial charge is 1.00 e. The van der Waals surface area contributed by atoms with E-state index in [1.807, 2.05) is 31.2 Å². The molecule has 1 aliphatic carbocycles. The number of aromatic nitrogens is 1. The van der Waals surface area contributed by atoms with Crippen LogP contribution in [0.15, 0.2) is 36.4 Å². The van der Waals surface area contributed by atoms with E-state index in [1.165, 1.54) is 24.0 Å². The number of aryl methyl sites for hydroxylation is 2. The number of fused-ring (bicyclic) bond motifs is 2. The monoisotopic (exact) mass is 445 g/mol. The first-order valence-electron chi connectivity index (χ1n) is 9.16. The van der Waals surface area contributed by atoms with E-state index in [1.54, 1.807) is 11.3 Å². The highest BCUT2D eigenvalue weighted by molar-refractivity contribution is 7.22. The molecule has 1 N–H and O–H groups in total. The minimum atomic E-state index is 0. The third-order valence-corrected chi connectivity index (χ3v) is 5.73. The zero-order valence-electron chi connectivity index (χ0n) is 15.3. The fraction of sp³-hybridized carbons (Fsp3) is 0.333. The highest BCUT2D eigenvalue weighted by Crippen LogP contribution is 2.32. The first-order chi connectivity index (χ1) is 12.7. The molecule has 6 heteroatoms. The molecule has 1 aliphatic rings. The summed E-state index contributed by atoms with van der Waals surface area (Å²) >= 11 is 1.54. The maximum absolute atomic E-state index is 12.6. The van der Waals surface area contributed by atoms with Crippen molar-refractivity contribution in [1.29, 1.82) is 0 Å². The molecule has 27 heavy (non-hydrogen) atoms. The smallest absolute Gasteiger partial charge is 0.184 e. The van der Waals surface area contributed by atoms with Gasteiger partial charge >= 0.3 is 0 Å². The fourth-order valence-electron chi connectivity index (χ4n) is 3.44. The SMILES string of the molecule is CCOc1cccc2sc(NCC(=O)c3ccc4c(c3)CCCC4)nc12.[Br-]. The first kappa shape index (κ1) is 19.8. The van der Waals surface area contributed by atoms with Crippen LogP contribution in [0.1, 0.15) is 41.3 Å². The molecule has 3 aromatic rings. The Balaban J connectivity index is 0.00000210. The minimum Gasteiger partial charge on any atom is -1.00 e. The van der Waals surface area contributed by atoms with E-state index in [0.29, 0.717) is 6.61 Å². The summed E-state index contributed by atoms with van der Waals surface area (Å²) in [6, 6.07) is 12.1. The predicted molar refractivity (Wildman–Crippen MR) is 107 cm³/mol. The molecule has 0 amide bonds.